The zero-order valence-electron chi connectivity index (χ0n) is 11.7. The first-order valence-electron chi connectivity index (χ1n) is 7.01. The number of anilines is 1. The Kier molecular flexibility index (Phi) is 4.73. The van der Waals surface area contributed by atoms with Crippen molar-refractivity contribution in [2.75, 3.05) is 12.3 Å². The highest BCUT2D eigenvalue weighted by Gasteiger charge is 2.39. The summed E-state index contributed by atoms with van der Waals surface area (Å²) in [4.78, 5) is 23.7. The summed E-state index contributed by atoms with van der Waals surface area (Å²) in [6.45, 7) is 0.133. The summed E-state index contributed by atoms with van der Waals surface area (Å²) >= 11 is 5.87. The highest BCUT2D eigenvalue weighted by molar-refractivity contribution is 6.31. The highest BCUT2D eigenvalue weighted by Crippen LogP contribution is 2.36. The topological polar surface area (TPSA) is 92.4 Å². The minimum Gasteiger partial charge on any atom is -0.481 e. The Bertz CT molecular complexity index is 534. The number of amides is 1. The highest BCUT2D eigenvalue weighted by atomic mass is 35.5. The first kappa shape index (κ1) is 15.6. The fraction of sp³-hybridized carbons (Fsp3) is 0.467. The predicted molar refractivity (Wildman–Crippen MR) is 81.4 cm³/mol. The second-order valence-electron chi connectivity index (χ2n) is 5.60. The van der Waals surface area contributed by atoms with Gasteiger partial charge >= 0.3 is 5.97 Å². The normalized spacial score (nSPS) is 17.2. The van der Waals surface area contributed by atoms with Crippen LogP contribution >= 0.6 is 11.6 Å². The van der Waals surface area contributed by atoms with E-state index in [1.54, 1.807) is 6.07 Å². The van der Waals surface area contributed by atoms with Crippen molar-refractivity contribution >= 4 is 29.2 Å². The Morgan fingerprint density at radius 1 is 1.24 bits per heavy atom. The molecule has 1 aliphatic rings. The molecule has 21 heavy (non-hydrogen) atoms. The number of nitrogens with two attached hydrogens (primary N) is 1. The molecule has 1 amide bonds. The molecule has 0 aliphatic heterocycles. The Labute approximate surface area is 128 Å². The molecule has 0 aromatic heterocycles. The SMILES string of the molecule is Nc1cc(Cl)cc(C(=O)NCC2(C(=O)O)CCCCC2)c1. The van der Waals surface area contributed by atoms with Crippen molar-refractivity contribution in [2.24, 2.45) is 5.41 Å². The van der Waals surface area contributed by atoms with Crippen molar-refractivity contribution < 1.29 is 14.7 Å². The number of carboxylic acid groups (broad SMARTS) is 1. The van der Waals surface area contributed by atoms with Crippen LogP contribution in [0, 0.1) is 5.41 Å². The molecule has 0 atom stereocenters. The van der Waals surface area contributed by atoms with Crippen LogP contribution in [0.3, 0.4) is 0 Å². The second kappa shape index (κ2) is 6.35. The van der Waals surface area contributed by atoms with Crippen LogP contribution in [0.1, 0.15) is 42.5 Å². The molecule has 0 unspecified atom stereocenters. The minimum absolute atomic E-state index is 0.133. The van der Waals surface area contributed by atoms with Crippen molar-refractivity contribution in [3.8, 4) is 0 Å². The van der Waals surface area contributed by atoms with Gasteiger partial charge in [-0.2, -0.15) is 0 Å². The number of halogens is 1. The summed E-state index contributed by atoms with van der Waals surface area (Å²) in [5, 5.41) is 12.6. The molecule has 5 nitrogen and oxygen atoms in total. The molecule has 1 fully saturated rings. The number of aliphatic carboxylic acids is 1. The molecule has 1 aliphatic carbocycles. The van der Waals surface area contributed by atoms with Gasteiger partial charge in [0.15, 0.2) is 0 Å². The van der Waals surface area contributed by atoms with E-state index < -0.39 is 11.4 Å². The molecular weight excluding hydrogens is 292 g/mol. The second-order valence-corrected chi connectivity index (χ2v) is 6.04. The van der Waals surface area contributed by atoms with Crippen LogP contribution in [0.15, 0.2) is 18.2 Å². The van der Waals surface area contributed by atoms with Gasteiger partial charge in [-0.1, -0.05) is 30.9 Å². The Morgan fingerprint density at radius 3 is 2.48 bits per heavy atom. The van der Waals surface area contributed by atoms with Gasteiger partial charge in [0.2, 0.25) is 0 Å². The van der Waals surface area contributed by atoms with Gasteiger partial charge in [0.25, 0.3) is 5.91 Å². The van der Waals surface area contributed by atoms with E-state index in [0.29, 0.717) is 29.1 Å². The van der Waals surface area contributed by atoms with E-state index in [9.17, 15) is 14.7 Å². The van der Waals surface area contributed by atoms with Gasteiger partial charge in [0.05, 0.1) is 5.41 Å². The van der Waals surface area contributed by atoms with Crippen LogP contribution in [0.5, 0.6) is 0 Å². The van der Waals surface area contributed by atoms with Crippen molar-refractivity contribution in [1.29, 1.82) is 0 Å². The number of carbonyl (C=O) groups is 2. The number of nitrogens with one attached hydrogen (secondary N) is 1. The van der Waals surface area contributed by atoms with Crippen LogP contribution in [0.25, 0.3) is 0 Å². The molecule has 1 saturated carbocycles. The van der Waals surface area contributed by atoms with Gasteiger partial charge in [0, 0.05) is 22.8 Å². The zero-order valence-corrected chi connectivity index (χ0v) is 12.4. The van der Waals surface area contributed by atoms with Gasteiger partial charge in [-0.15, -0.1) is 0 Å². The number of carboxylic acids is 1. The summed E-state index contributed by atoms with van der Waals surface area (Å²) in [5.74, 6) is -1.19. The van der Waals surface area contributed by atoms with Crippen molar-refractivity contribution in [3.63, 3.8) is 0 Å². The lowest BCUT2D eigenvalue weighted by molar-refractivity contribution is -0.150. The molecule has 4 N–H and O–H groups in total. The first-order chi connectivity index (χ1) is 9.93. The van der Waals surface area contributed by atoms with Crippen molar-refractivity contribution in [3.05, 3.63) is 28.8 Å². The molecular formula is C15H19ClN2O3. The van der Waals surface area contributed by atoms with Gasteiger partial charge in [-0.05, 0) is 31.0 Å². The Hall–Kier alpha value is -1.75. The molecule has 1 aromatic carbocycles. The van der Waals surface area contributed by atoms with Gasteiger partial charge < -0.3 is 16.2 Å². The lowest BCUT2D eigenvalue weighted by Gasteiger charge is -2.33. The van der Waals surface area contributed by atoms with E-state index in [-0.39, 0.29) is 12.5 Å². The largest absolute Gasteiger partial charge is 0.481 e. The smallest absolute Gasteiger partial charge is 0.311 e. The van der Waals surface area contributed by atoms with Gasteiger partial charge in [0.1, 0.15) is 0 Å². The van der Waals surface area contributed by atoms with E-state index in [1.807, 2.05) is 0 Å². The standard InChI is InChI=1S/C15H19ClN2O3/c16-11-6-10(7-12(17)8-11)13(19)18-9-15(14(20)21)4-2-1-3-5-15/h6-8H,1-5,9,17H2,(H,18,19)(H,20,21). The number of carbonyl (C=O) groups excluding carboxylic acids is 1. The van der Waals surface area contributed by atoms with E-state index >= 15 is 0 Å². The molecule has 0 saturated heterocycles. The molecule has 1 aromatic rings. The number of nitrogen functional groups attached to an aromatic ring is 1. The van der Waals surface area contributed by atoms with Crippen LogP contribution in [-0.4, -0.2) is 23.5 Å². The first-order valence-corrected chi connectivity index (χ1v) is 7.38. The maximum absolute atomic E-state index is 12.1. The Balaban J connectivity index is 2.06. The molecule has 6 heteroatoms. The van der Waals surface area contributed by atoms with Crippen LogP contribution in [0.4, 0.5) is 5.69 Å². The number of hydrogen-bond donors (Lipinski definition) is 3. The average Bonchev–Trinajstić information content (AvgIpc) is 2.44. The number of benzene rings is 1. The maximum atomic E-state index is 12.1. The molecule has 0 spiro atoms. The molecule has 0 heterocycles. The lowest BCUT2D eigenvalue weighted by Crippen LogP contribution is -2.44. The van der Waals surface area contributed by atoms with Crippen molar-refractivity contribution in [2.45, 2.75) is 32.1 Å². The third kappa shape index (κ3) is 3.67. The van der Waals surface area contributed by atoms with E-state index in [1.165, 1.54) is 12.1 Å². The summed E-state index contributed by atoms with van der Waals surface area (Å²) < 4.78 is 0. The number of rotatable bonds is 4. The third-order valence-corrected chi connectivity index (χ3v) is 4.25. The van der Waals surface area contributed by atoms with Crippen molar-refractivity contribution in [1.82, 2.24) is 5.32 Å². The van der Waals surface area contributed by atoms with E-state index in [0.717, 1.165) is 19.3 Å². The summed E-state index contributed by atoms with van der Waals surface area (Å²) in [5.41, 5.74) is 5.55. The van der Waals surface area contributed by atoms with E-state index in [4.69, 9.17) is 17.3 Å². The van der Waals surface area contributed by atoms with Gasteiger partial charge in [-0.3, -0.25) is 9.59 Å². The minimum atomic E-state index is -0.849. The monoisotopic (exact) mass is 310 g/mol. The molecule has 0 bridgehead atoms. The Morgan fingerprint density at radius 2 is 1.90 bits per heavy atom. The fourth-order valence-electron chi connectivity index (χ4n) is 2.79. The quantitative estimate of drug-likeness (QED) is 0.745. The van der Waals surface area contributed by atoms with Gasteiger partial charge in [-0.25, -0.2) is 0 Å². The number of hydrogen-bond acceptors (Lipinski definition) is 3. The van der Waals surface area contributed by atoms with Crippen LogP contribution in [-0.2, 0) is 4.79 Å². The van der Waals surface area contributed by atoms with Crippen LogP contribution in [0.2, 0.25) is 5.02 Å². The van der Waals surface area contributed by atoms with Crippen LogP contribution < -0.4 is 11.1 Å². The summed E-state index contributed by atoms with van der Waals surface area (Å²) in [7, 11) is 0. The molecule has 0 radical (unpaired) electrons. The maximum Gasteiger partial charge on any atom is 0.311 e. The predicted octanol–water partition coefficient (Wildman–Crippen LogP) is 2.69. The van der Waals surface area contributed by atoms with E-state index in [2.05, 4.69) is 5.32 Å². The zero-order chi connectivity index (χ0) is 15.5. The molecule has 114 valence electrons. The lowest BCUT2D eigenvalue weighted by atomic mass is 9.74. The fourth-order valence-corrected chi connectivity index (χ4v) is 3.03. The molecule has 2 rings (SSSR count). The summed E-state index contributed by atoms with van der Waals surface area (Å²) in [6, 6.07) is 4.59. The average molecular weight is 311 g/mol. The third-order valence-electron chi connectivity index (χ3n) is 4.03. The summed E-state index contributed by atoms with van der Waals surface area (Å²) in [6.07, 6.45) is 4.01.